The Morgan fingerprint density at radius 2 is 1.79 bits per heavy atom. The lowest BCUT2D eigenvalue weighted by atomic mass is 10.2. The van der Waals surface area contributed by atoms with E-state index in [-0.39, 0.29) is 17.6 Å². The fraction of sp³-hybridized carbons (Fsp3) is 0.150. The molecule has 0 saturated carbocycles. The maximum Gasteiger partial charge on any atom is 0.449 e. The van der Waals surface area contributed by atoms with Crippen molar-refractivity contribution in [1.82, 2.24) is 19.3 Å². The van der Waals surface area contributed by atoms with Crippen LogP contribution in [0.2, 0.25) is 0 Å². The number of aromatic nitrogens is 4. The molecule has 0 aliphatic heterocycles. The highest BCUT2D eigenvalue weighted by molar-refractivity contribution is 5.79. The molecule has 148 valence electrons. The van der Waals surface area contributed by atoms with Gasteiger partial charge in [-0.2, -0.15) is 18.3 Å². The Balaban J connectivity index is 1.46. The number of fused-ring (bicyclic) bond motifs is 1. The Morgan fingerprint density at radius 3 is 2.48 bits per heavy atom. The minimum atomic E-state index is -4.68. The zero-order valence-electron chi connectivity index (χ0n) is 15.0. The molecule has 0 spiro atoms. The highest BCUT2D eigenvalue weighted by Gasteiger charge is 2.38. The SMILES string of the molecule is O=C(Cn1c(C(F)(F)F)nc2ccccc21)OCc1ccc(-n2cccn2)cc1. The van der Waals surface area contributed by atoms with Gasteiger partial charge in [0.1, 0.15) is 13.2 Å². The third kappa shape index (κ3) is 3.98. The van der Waals surface area contributed by atoms with Gasteiger partial charge in [0.25, 0.3) is 0 Å². The first kappa shape index (κ1) is 18.7. The van der Waals surface area contributed by atoms with E-state index in [1.807, 2.05) is 0 Å². The molecule has 0 N–H and O–H groups in total. The van der Waals surface area contributed by atoms with Gasteiger partial charge in [0.15, 0.2) is 0 Å². The van der Waals surface area contributed by atoms with Gasteiger partial charge in [0.05, 0.1) is 16.7 Å². The number of carbonyl (C=O) groups excluding carboxylic acids is 1. The van der Waals surface area contributed by atoms with Gasteiger partial charge < -0.3 is 9.30 Å². The van der Waals surface area contributed by atoms with Crippen molar-refractivity contribution in [2.24, 2.45) is 0 Å². The van der Waals surface area contributed by atoms with E-state index in [1.165, 1.54) is 12.1 Å². The van der Waals surface area contributed by atoms with Crippen LogP contribution in [0.25, 0.3) is 16.7 Å². The molecule has 0 amide bonds. The van der Waals surface area contributed by atoms with E-state index < -0.39 is 24.5 Å². The Kier molecular flexibility index (Phi) is 4.79. The van der Waals surface area contributed by atoms with Crippen LogP contribution in [-0.2, 0) is 28.9 Å². The maximum absolute atomic E-state index is 13.3. The molecule has 4 aromatic rings. The van der Waals surface area contributed by atoms with Gasteiger partial charge in [-0.1, -0.05) is 24.3 Å². The number of carbonyl (C=O) groups is 1. The van der Waals surface area contributed by atoms with Crippen LogP contribution in [0, 0.1) is 0 Å². The molecule has 6 nitrogen and oxygen atoms in total. The molecule has 4 rings (SSSR count). The summed E-state index contributed by atoms with van der Waals surface area (Å²) in [5.74, 6) is -1.91. The van der Waals surface area contributed by atoms with Crippen LogP contribution >= 0.6 is 0 Å². The summed E-state index contributed by atoms with van der Waals surface area (Å²) in [7, 11) is 0. The van der Waals surface area contributed by atoms with Gasteiger partial charge in [-0.05, 0) is 35.9 Å². The number of nitrogens with zero attached hydrogens (tertiary/aromatic N) is 4. The number of rotatable bonds is 5. The molecular formula is C20H15F3N4O2. The highest BCUT2D eigenvalue weighted by Crippen LogP contribution is 2.31. The van der Waals surface area contributed by atoms with E-state index in [4.69, 9.17) is 4.74 Å². The zero-order chi connectivity index (χ0) is 20.4. The second-order valence-electron chi connectivity index (χ2n) is 6.29. The summed E-state index contributed by atoms with van der Waals surface area (Å²) in [6, 6.07) is 15.1. The predicted octanol–water partition coefficient (Wildman–Crippen LogP) is 3.98. The number of halogens is 3. The van der Waals surface area contributed by atoms with Gasteiger partial charge in [0.2, 0.25) is 5.82 Å². The van der Waals surface area contributed by atoms with Crippen molar-refractivity contribution >= 4 is 17.0 Å². The van der Waals surface area contributed by atoms with E-state index in [0.717, 1.165) is 10.3 Å². The summed E-state index contributed by atoms with van der Waals surface area (Å²) in [6.45, 7) is -0.632. The zero-order valence-corrected chi connectivity index (χ0v) is 15.0. The lowest BCUT2D eigenvalue weighted by molar-refractivity contribution is -0.151. The summed E-state index contributed by atoms with van der Waals surface area (Å²) in [5.41, 5.74) is 1.94. The maximum atomic E-state index is 13.3. The number of esters is 1. The van der Waals surface area contributed by atoms with Gasteiger partial charge in [-0.25, -0.2) is 9.67 Å². The second-order valence-corrected chi connectivity index (χ2v) is 6.29. The van der Waals surface area contributed by atoms with E-state index in [9.17, 15) is 18.0 Å². The van der Waals surface area contributed by atoms with Crippen LogP contribution < -0.4 is 0 Å². The highest BCUT2D eigenvalue weighted by atomic mass is 19.4. The fourth-order valence-electron chi connectivity index (χ4n) is 2.96. The van der Waals surface area contributed by atoms with Crippen LogP contribution in [-0.4, -0.2) is 25.3 Å². The number of para-hydroxylation sites is 2. The van der Waals surface area contributed by atoms with Gasteiger partial charge in [-0.3, -0.25) is 4.79 Å². The molecule has 2 heterocycles. The topological polar surface area (TPSA) is 61.9 Å². The van der Waals surface area contributed by atoms with Crippen molar-refractivity contribution in [3.8, 4) is 5.69 Å². The van der Waals surface area contributed by atoms with Crippen LogP contribution in [0.1, 0.15) is 11.4 Å². The van der Waals surface area contributed by atoms with Gasteiger partial charge in [-0.15, -0.1) is 0 Å². The number of benzene rings is 2. The van der Waals surface area contributed by atoms with Crippen molar-refractivity contribution in [3.05, 3.63) is 78.4 Å². The van der Waals surface area contributed by atoms with E-state index >= 15 is 0 Å². The van der Waals surface area contributed by atoms with E-state index in [2.05, 4.69) is 10.1 Å². The smallest absolute Gasteiger partial charge is 0.449 e. The molecule has 2 aromatic carbocycles. The minimum Gasteiger partial charge on any atom is -0.459 e. The van der Waals surface area contributed by atoms with Crippen molar-refractivity contribution in [1.29, 1.82) is 0 Å². The third-order valence-electron chi connectivity index (χ3n) is 4.30. The molecule has 0 radical (unpaired) electrons. The van der Waals surface area contributed by atoms with E-state index in [1.54, 1.807) is 59.5 Å². The summed E-state index contributed by atoms with van der Waals surface area (Å²) < 4.78 is 47.6. The molecule has 9 heteroatoms. The average molecular weight is 400 g/mol. The van der Waals surface area contributed by atoms with Crippen LogP contribution in [0.4, 0.5) is 13.2 Å². The first-order valence-corrected chi connectivity index (χ1v) is 8.69. The Labute approximate surface area is 163 Å². The van der Waals surface area contributed by atoms with Crippen molar-refractivity contribution < 1.29 is 22.7 Å². The Morgan fingerprint density at radius 1 is 1.03 bits per heavy atom. The molecule has 0 aliphatic rings. The Hall–Kier alpha value is -3.62. The van der Waals surface area contributed by atoms with Crippen LogP contribution in [0.5, 0.6) is 0 Å². The van der Waals surface area contributed by atoms with Crippen molar-refractivity contribution in [2.75, 3.05) is 0 Å². The summed E-state index contributed by atoms with van der Waals surface area (Å²) in [5, 5.41) is 4.12. The number of hydrogen-bond donors (Lipinski definition) is 0. The standard InChI is InChI=1S/C20H15F3N4O2/c21-20(22,23)19-25-16-4-1-2-5-17(16)26(19)12-18(28)29-13-14-6-8-15(9-7-14)27-11-3-10-24-27/h1-11H,12-13H2. The van der Waals surface area contributed by atoms with Crippen molar-refractivity contribution in [3.63, 3.8) is 0 Å². The average Bonchev–Trinajstić information content (AvgIpc) is 3.35. The number of imidazole rings is 1. The molecule has 0 fully saturated rings. The quantitative estimate of drug-likeness (QED) is 0.476. The lowest BCUT2D eigenvalue weighted by Gasteiger charge is -2.11. The molecule has 0 aliphatic carbocycles. The third-order valence-corrected chi connectivity index (χ3v) is 4.30. The Bertz CT molecular complexity index is 1130. The largest absolute Gasteiger partial charge is 0.459 e. The number of alkyl halides is 3. The van der Waals surface area contributed by atoms with Gasteiger partial charge in [0, 0.05) is 12.4 Å². The molecule has 0 bridgehead atoms. The molecule has 29 heavy (non-hydrogen) atoms. The second kappa shape index (κ2) is 7.42. The normalized spacial score (nSPS) is 11.7. The molecule has 2 aromatic heterocycles. The van der Waals surface area contributed by atoms with E-state index in [0.29, 0.717) is 5.56 Å². The van der Waals surface area contributed by atoms with Crippen LogP contribution in [0.3, 0.4) is 0 Å². The summed E-state index contributed by atoms with van der Waals surface area (Å²) in [6.07, 6.45) is -1.23. The molecule has 0 unspecified atom stereocenters. The summed E-state index contributed by atoms with van der Waals surface area (Å²) in [4.78, 5) is 15.8. The summed E-state index contributed by atoms with van der Waals surface area (Å²) >= 11 is 0. The molecule has 0 atom stereocenters. The molecular weight excluding hydrogens is 385 g/mol. The first-order valence-electron chi connectivity index (χ1n) is 8.69. The van der Waals surface area contributed by atoms with Crippen LogP contribution in [0.15, 0.2) is 67.0 Å². The number of hydrogen-bond acceptors (Lipinski definition) is 4. The number of ether oxygens (including phenoxy) is 1. The predicted molar refractivity (Wildman–Crippen MR) is 98.1 cm³/mol. The lowest BCUT2D eigenvalue weighted by Crippen LogP contribution is -2.20. The first-order chi connectivity index (χ1) is 13.9. The van der Waals surface area contributed by atoms with Crippen molar-refractivity contribution in [2.45, 2.75) is 19.3 Å². The minimum absolute atomic E-state index is 0.0494. The van der Waals surface area contributed by atoms with Gasteiger partial charge >= 0.3 is 12.1 Å². The molecule has 0 saturated heterocycles. The monoisotopic (exact) mass is 400 g/mol. The fourth-order valence-corrected chi connectivity index (χ4v) is 2.96.